The van der Waals surface area contributed by atoms with Crippen LogP contribution in [0.2, 0.25) is 0 Å². The Bertz CT molecular complexity index is 794. The molecular formula is C22H29NO3. The molecule has 3 rings (SSSR count). The maximum atomic E-state index is 11.9. The number of fused-ring (bicyclic) bond motifs is 1. The fourth-order valence-corrected chi connectivity index (χ4v) is 3.71. The van der Waals surface area contributed by atoms with Crippen LogP contribution in [0.5, 0.6) is 5.75 Å². The molecule has 1 heterocycles. The zero-order valence-corrected chi connectivity index (χ0v) is 16.3. The average molecular weight is 355 g/mol. The highest BCUT2D eigenvalue weighted by atomic mass is 16.5. The van der Waals surface area contributed by atoms with Crippen LogP contribution in [0.3, 0.4) is 0 Å². The molecule has 2 aromatic carbocycles. The fraction of sp³-hybridized carbons (Fsp3) is 0.455. The highest BCUT2D eigenvalue weighted by Gasteiger charge is 2.42. The molecule has 0 fully saturated rings. The number of hydrogen-bond acceptors (Lipinski definition) is 4. The van der Waals surface area contributed by atoms with Gasteiger partial charge in [-0.3, -0.25) is 4.90 Å². The van der Waals surface area contributed by atoms with Gasteiger partial charge >= 0.3 is 0 Å². The third kappa shape index (κ3) is 3.25. The van der Waals surface area contributed by atoms with Crippen molar-refractivity contribution in [2.24, 2.45) is 0 Å². The third-order valence-electron chi connectivity index (χ3n) is 5.31. The van der Waals surface area contributed by atoms with E-state index in [4.69, 9.17) is 4.74 Å². The predicted molar refractivity (Wildman–Crippen MR) is 103 cm³/mol. The molecule has 0 saturated carbocycles. The van der Waals surface area contributed by atoms with E-state index in [-0.39, 0.29) is 5.41 Å². The Morgan fingerprint density at radius 3 is 2.42 bits per heavy atom. The van der Waals surface area contributed by atoms with Crippen molar-refractivity contribution in [3.63, 3.8) is 0 Å². The van der Waals surface area contributed by atoms with Crippen molar-refractivity contribution in [2.75, 3.05) is 13.7 Å². The normalized spacial score (nSPS) is 22.0. The summed E-state index contributed by atoms with van der Waals surface area (Å²) in [5.41, 5.74) is 2.47. The topological polar surface area (TPSA) is 52.9 Å². The minimum Gasteiger partial charge on any atom is -0.496 e. The van der Waals surface area contributed by atoms with E-state index >= 15 is 0 Å². The van der Waals surface area contributed by atoms with Gasteiger partial charge in [0, 0.05) is 18.7 Å². The van der Waals surface area contributed by atoms with Crippen LogP contribution in [-0.4, -0.2) is 35.0 Å². The summed E-state index contributed by atoms with van der Waals surface area (Å²) in [5.74, 6) is 0.655. The number of hydrogen-bond donors (Lipinski definition) is 2. The van der Waals surface area contributed by atoms with Gasteiger partial charge in [0.15, 0.2) is 0 Å². The van der Waals surface area contributed by atoms with Gasteiger partial charge in [-0.1, -0.05) is 51.1 Å². The number of methoxy groups -OCH3 is 1. The van der Waals surface area contributed by atoms with E-state index in [0.29, 0.717) is 18.8 Å². The van der Waals surface area contributed by atoms with Crippen molar-refractivity contribution in [3.8, 4) is 5.75 Å². The van der Waals surface area contributed by atoms with E-state index in [1.54, 1.807) is 14.0 Å². The molecule has 4 nitrogen and oxygen atoms in total. The lowest BCUT2D eigenvalue weighted by Crippen LogP contribution is -2.49. The first kappa shape index (κ1) is 18.9. The Balaban J connectivity index is 2.23. The molecule has 0 aliphatic carbocycles. The average Bonchev–Trinajstić information content (AvgIpc) is 2.60. The lowest BCUT2D eigenvalue weighted by molar-refractivity contribution is -0.0574. The standard InChI is InChI=1S/C22H29NO3/c1-15(24)23-13-16-8-6-7-9-18(16)22(25,14-23)19-12-17(21(2,3)4)10-11-20(19)26-5/h6-12,15,24-25H,13-14H2,1-5H3. The number of aliphatic hydroxyl groups excluding tert-OH is 1. The molecule has 0 saturated heterocycles. The van der Waals surface area contributed by atoms with Crippen LogP contribution in [0.4, 0.5) is 0 Å². The SMILES string of the molecule is COc1ccc(C(C)(C)C)cc1C1(O)CN(C(C)O)Cc2ccccc21. The second kappa shape index (κ2) is 6.69. The van der Waals surface area contributed by atoms with Crippen LogP contribution in [-0.2, 0) is 17.6 Å². The quantitative estimate of drug-likeness (QED) is 0.886. The summed E-state index contributed by atoms with van der Waals surface area (Å²) >= 11 is 0. The van der Waals surface area contributed by atoms with Crippen molar-refractivity contribution in [3.05, 3.63) is 64.7 Å². The summed E-state index contributed by atoms with van der Waals surface area (Å²) in [5, 5.41) is 22.1. The maximum Gasteiger partial charge on any atom is 0.131 e. The number of ether oxygens (including phenoxy) is 1. The highest BCUT2D eigenvalue weighted by Crippen LogP contribution is 2.43. The lowest BCUT2D eigenvalue weighted by atomic mass is 9.77. The van der Waals surface area contributed by atoms with Gasteiger partial charge in [0.1, 0.15) is 17.6 Å². The van der Waals surface area contributed by atoms with E-state index in [9.17, 15) is 10.2 Å². The van der Waals surface area contributed by atoms with Gasteiger partial charge in [-0.25, -0.2) is 0 Å². The van der Waals surface area contributed by atoms with E-state index < -0.39 is 11.8 Å². The number of rotatable bonds is 3. The molecule has 1 aliphatic heterocycles. The molecule has 0 bridgehead atoms. The van der Waals surface area contributed by atoms with Crippen molar-refractivity contribution in [1.29, 1.82) is 0 Å². The Kier molecular flexibility index (Phi) is 4.86. The molecule has 1 aliphatic rings. The van der Waals surface area contributed by atoms with Gasteiger partial charge in [-0.05, 0) is 41.2 Å². The minimum absolute atomic E-state index is 0.0461. The summed E-state index contributed by atoms with van der Waals surface area (Å²) in [6.45, 7) is 9.11. The van der Waals surface area contributed by atoms with Crippen LogP contribution in [0.15, 0.2) is 42.5 Å². The van der Waals surface area contributed by atoms with Crippen LogP contribution < -0.4 is 4.74 Å². The molecule has 26 heavy (non-hydrogen) atoms. The number of β-amino-alcohol motifs (C(OH)–C–C–N with tert-alkyl or cyclic N) is 1. The second-order valence-electron chi connectivity index (χ2n) is 8.22. The van der Waals surface area contributed by atoms with E-state index in [2.05, 4.69) is 20.8 Å². The van der Waals surface area contributed by atoms with Gasteiger partial charge in [0.05, 0.1) is 7.11 Å². The zero-order chi connectivity index (χ0) is 19.1. The molecule has 2 N–H and O–H groups in total. The van der Waals surface area contributed by atoms with Crippen LogP contribution in [0.25, 0.3) is 0 Å². The molecule has 140 valence electrons. The van der Waals surface area contributed by atoms with Crippen LogP contribution in [0.1, 0.15) is 49.9 Å². The summed E-state index contributed by atoms with van der Waals surface area (Å²) in [7, 11) is 1.63. The number of benzene rings is 2. The summed E-state index contributed by atoms with van der Waals surface area (Å²) in [6, 6.07) is 13.9. The van der Waals surface area contributed by atoms with Gasteiger partial charge in [-0.15, -0.1) is 0 Å². The Morgan fingerprint density at radius 2 is 1.81 bits per heavy atom. The molecule has 2 unspecified atom stereocenters. The Labute approximate surface area is 156 Å². The van der Waals surface area contributed by atoms with Crippen LogP contribution >= 0.6 is 0 Å². The van der Waals surface area contributed by atoms with Crippen molar-refractivity contribution in [1.82, 2.24) is 4.90 Å². The molecule has 2 atom stereocenters. The van der Waals surface area contributed by atoms with Crippen LogP contribution in [0, 0.1) is 0 Å². The van der Waals surface area contributed by atoms with Crippen molar-refractivity contribution in [2.45, 2.75) is 51.5 Å². The minimum atomic E-state index is -1.25. The molecule has 0 aromatic heterocycles. The number of nitrogens with zero attached hydrogens (tertiary/aromatic N) is 1. The zero-order valence-electron chi connectivity index (χ0n) is 16.3. The Morgan fingerprint density at radius 1 is 1.12 bits per heavy atom. The van der Waals surface area contributed by atoms with Gasteiger partial charge < -0.3 is 14.9 Å². The number of aliphatic hydroxyl groups is 2. The summed E-state index contributed by atoms with van der Waals surface area (Å²) in [6.07, 6.45) is -0.647. The summed E-state index contributed by atoms with van der Waals surface area (Å²) in [4.78, 5) is 1.88. The fourth-order valence-electron chi connectivity index (χ4n) is 3.71. The molecular weight excluding hydrogens is 326 g/mol. The molecule has 0 spiro atoms. The van der Waals surface area contributed by atoms with E-state index in [1.807, 2.05) is 47.4 Å². The molecule has 4 heteroatoms. The molecule has 0 radical (unpaired) electrons. The van der Waals surface area contributed by atoms with E-state index in [1.165, 1.54) is 0 Å². The highest BCUT2D eigenvalue weighted by molar-refractivity contribution is 5.51. The first-order valence-corrected chi connectivity index (χ1v) is 9.08. The van der Waals surface area contributed by atoms with E-state index in [0.717, 1.165) is 22.3 Å². The molecule has 2 aromatic rings. The third-order valence-corrected chi connectivity index (χ3v) is 5.31. The van der Waals surface area contributed by atoms with Gasteiger partial charge in [0.25, 0.3) is 0 Å². The van der Waals surface area contributed by atoms with Crippen molar-refractivity contribution >= 4 is 0 Å². The Hall–Kier alpha value is -1.88. The van der Waals surface area contributed by atoms with Gasteiger partial charge in [-0.2, -0.15) is 0 Å². The smallest absolute Gasteiger partial charge is 0.131 e. The first-order chi connectivity index (χ1) is 12.2. The second-order valence-corrected chi connectivity index (χ2v) is 8.22. The lowest BCUT2D eigenvalue weighted by Gasteiger charge is -2.43. The largest absolute Gasteiger partial charge is 0.496 e. The maximum absolute atomic E-state index is 11.9. The first-order valence-electron chi connectivity index (χ1n) is 9.08. The van der Waals surface area contributed by atoms with Gasteiger partial charge in [0.2, 0.25) is 0 Å². The molecule has 0 amide bonds. The monoisotopic (exact) mass is 355 g/mol. The predicted octanol–water partition coefficient (Wildman–Crippen LogP) is 3.38. The van der Waals surface area contributed by atoms with Crippen molar-refractivity contribution < 1.29 is 14.9 Å². The summed E-state index contributed by atoms with van der Waals surface area (Å²) < 4.78 is 5.60.